The highest BCUT2D eigenvalue weighted by Crippen LogP contribution is 2.28. The van der Waals surface area contributed by atoms with Gasteiger partial charge in [0.15, 0.2) is 0 Å². The van der Waals surface area contributed by atoms with E-state index in [1.54, 1.807) is 18.2 Å². The SMILES string of the molecule is CC/C=C(\C=C(/N)C(=O)Nc1cccc(OC(F)(F)F)c1)Oc1ccc2c(c1)nc(Nc1cccc(C(C)C)c1)n2C. The molecule has 0 aliphatic rings. The molecule has 4 rings (SSSR count). The van der Waals surface area contributed by atoms with Crippen LogP contribution in [0.15, 0.2) is 90.3 Å². The quantitative estimate of drug-likeness (QED) is 0.102. The Labute approximate surface area is 241 Å². The van der Waals surface area contributed by atoms with Gasteiger partial charge in [-0.25, -0.2) is 4.98 Å². The number of allylic oxidation sites excluding steroid dienone is 2. The third-order valence-electron chi connectivity index (χ3n) is 6.19. The number of imidazole rings is 1. The van der Waals surface area contributed by atoms with Crippen molar-refractivity contribution in [2.45, 2.75) is 39.5 Å². The van der Waals surface area contributed by atoms with Crippen LogP contribution in [0.25, 0.3) is 11.0 Å². The molecule has 0 aliphatic carbocycles. The second-order valence-electron chi connectivity index (χ2n) is 9.80. The number of hydrogen-bond donors (Lipinski definition) is 3. The number of fused-ring (bicyclic) bond motifs is 1. The number of nitrogens with two attached hydrogens (primary N) is 1. The van der Waals surface area contributed by atoms with Crippen LogP contribution in [0.1, 0.15) is 38.7 Å². The van der Waals surface area contributed by atoms with Crippen LogP contribution in [-0.4, -0.2) is 21.8 Å². The van der Waals surface area contributed by atoms with E-state index >= 15 is 0 Å². The van der Waals surface area contributed by atoms with E-state index in [2.05, 4.69) is 41.4 Å². The molecule has 0 bridgehead atoms. The van der Waals surface area contributed by atoms with E-state index in [-0.39, 0.29) is 11.4 Å². The highest BCUT2D eigenvalue weighted by molar-refractivity contribution is 6.03. The van der Waals surface area contributed by atoms with Crippen molar-refractivity contribution in [3.05, 3.63) is 95.9 Å². The van der Waals surface area contributed by atoms with Gasteiger partial charge in [0.2, 0.25) is 5.95 Å². The highest BCUT2D eigenvalue weighted by atomic mass is 19.4. The molecular formula is C31H32F3N5O3. The Morgan fingerprint density at radius 2 is 1.79 bits per heavy atom. The molecule has 42 heavy (non-hydrogen) atoms. The maximum atomic E-state index is 12.7. The normalized spacial score (nSPS) is 12.5. The lowest BCUT2D eigenvalue weighted by Crippen LogP contribution is -2.21. The first-order chi connectivity index (χ1) is 19.9. The number of amides is 1. The number of nitrogens with one attached hydrogen (secondary N) is 2. The third-order valence-corrected chi connectivity index (χ3v) is 6.19. The minimum atomic E-state index is -4.85. The van der Waals surface area contributed by atoms with Gasteiger partial charge in [0.25, 0.3) is 5.91 Å². The van der Waals surface area contributed by atoms with Gasteiger partial charge in [-0.05, 0) is 60.4 Å². The number of rotatable bonds is 10. The molecule has 4 N–H and O–H groups in total. The number of halogens is 3. The Balaban J connectivity index is 1.49. The van der Waals surface area contributed by atoms with E-state index in [4.69, 9.17) is 15.5 Å². The minimum absolute atomic E-state index is 0.0842. The van der Waals surface area contributed by atoms with Crippen molar-refractivity contribution in [2.75, 3.05) is 10.6 Å². The minimum Gasteiger partial charge on any atom is -0.458 e. The molecule has 1 heterocycles. The van der Waals surface area contributed by atoms with Crippen molar-refractivity contribution in [1.29, 1.82) is 0 Å². The number of benzene rings is 3. The zero-order valence-corrected chi connectivity index (χ0v) is 23.6. The van der Waals surface area contributed by atoms with Gasteiger partial charge in [0.1, 0.15) is 23.0 Å². The van der Waals surface area contributed by atoms with E-state index in [1.807, 2.05) is 36.7 Å². The van der Waals surface area contributed by atoms with Crippen LogP contribution in [0, 0.1) is 0 Å². The molecule has 11 heteroatoms. The lowest BCUT2D eigenvalue weighted by Gasteiger charge is -2.11. The summed E-state index contributed by atoms with van der Waals surface area (Å²) in [4.78, 5) is 17.4. The molecule has 3 aromatic carbocycles. The number of carbonyl (C=O) groups is 1. The zero-order valence-electron chi connectivity index (χ0n) is 23.6. The van der Waals surface area contributed by atoms with E-state index in [0.29, 0.717) is 35.3 Å². The Bertz CT molecular complexity index is 1640. The van der Waals surface area contributed by atoms with Crippen LogP contribution in [0.2, 0.25) is 0 Å². The fourth-order valence-corrected chi connectivity index (χ4v) is 4.12. The average molecular weight is 580 g/mol. The van der Waals surface area contributed by atoms with Crippen molar-refractivity contribution >= 4 is 34.3 Å². The summed E-state index contributed by atoms with van der Waals surface area (Å²) in [5.74, 6) is 0.675. The molecule has 0 atom stereocenters. The van der Waals surface area contributed by atoms with Crippen LogP contribution in [0.4, 0.5) is 30.5 Å². The van der Waals surface area contributed by atoms with Gasteiger partial charge in [0, 0.05) is 36.6 Å². The van der Waals surface area contributed by atoms with Gasteiger partial charge in [-0.15, -0.1) is 13.2 Å². The first-order valence-electron chi connectivity index (χ1n) is 13.3. The third kappa shape index (κ3) is 7.84. The van der Waals surface area contributed by atoms with Crippen molar-refractivity contribution in [3.8, 4) is 11.5 Å². The van der Waals surface area contributed by atoms with Crippen molar-refractivity contribution in [2.24, 2.45) is 12.8 Å². The lowest BCUT2D eigenvalue weighted by molar-refractivity contribution is -0.274. The summed E-state index contributed by atoms with van der Waals surface area (Å²) in [6.45, 7) is 6.18. The fraction of sp³-hybridized carbons (Fsp3) is 0.226. The number of hydrogen-bond acceptors (Lipinski definition) is 6. The van der Waals surface area contributed by atoms with Crippen LogP contribution in [-0.2, 0) is 11.8 Å². The van der Waals surface area contributed by atoms with E-state index in [1.165, 1.54) is 23.8 Å². The molecule has 0 aliphatic heterocycles. The molecule has 4 aromatic rings. The molecule has 0 radical (unpaired) electrons. The maximum Gasteiger partial charge on any atom is 0.573 e. The highest BCUT2D eigenvalue weighted by Gasteiger charge is 2.31. The monoisotopic (exact) mass is 579 g/mol. The largest absolute Gasteiger partial charge is 0.573 e. The van der Waals surface area contributed by atoms with Gasteiger partial charge < -0.3 is 30.4 Å². The summed E-state index contributed by atoms with van der Waals surface area (Å²) < 4.78 is 49.4. The second kappa shape index (κ2) is 12.7. The average Bonchev–Trinajstić information content (AvgIpc) is 3.22. The van der Waals surface area contributed by atoms with Crippen LogP contribution in [0.5, 0.6) is 11.5 Å². The van der Waals surface area contributed by atoms with Crippen LogP contribution in [0.3, 0.4) is 0 Å². The Hall–Kier alpha value is -4.93. The Morgan fingerprint density at radius 1 is 1.05 bits per heavy atom. The molecule has 220 valence electrons. The van der Waals surface area contributed by atoms with E-state index in [9.17, 15) is 18.0 Å². The number of aromatic nitrogens is 2. The number of ether oxygens (including phenoxy) is 2. The van der Waals surface area contributed by atoms with Gasteiger partial charge in [-0.1, -0.05) is 39.0 Å². The molecule has 0 saturated heterocycles. The number of nitrogens with zero attached hydrogens (tertiary/aromatic N) is 2. The second-order valence-corrected chi connectivity index (χ2v) is 9.80. The number of aryl methyl sites for hydroxylation is 1. The zero-order chi connectivity index (χ0) is 30.4. The summed E-state index contributed by atoms with van der Waals surface area (Å²) in [5.41, 5.74) is 9.62. The van der Waals surface area contributed by atoms with E-state index in [0.717, 1.165) is 23.3 Å². The Morgan fingerprint density at radius 3 is 2.50 bits per heavy atom. The molecule has 0 saturated carbocycles. The smallest absolute Gasteiger partial charge is 0.458 e. The van der Waals surface area contributed by atoms with Gasteiger partial charge in [-0.3, -0.25) is 4.79 Å². The summed E-state index contributed by atoms with van der Waals surface area (Å²) in [6, 6.07) is 18.5. The molecular weight excluding hydrogens is 547 g/mol. The van der Waals surface area contributed by atoms with Gasteiger partial charge >= 0.3 is 6.36 Å². The van der Waals surface area contributed by atoms with Crippen molar-refractivity contribution in [1.82, 2.24) is 9.55 Å². The Kier molecular flexibility index (Phi) is 9.09. The predicted molar refractivity (Wildman–Crippen MR) is 158 cm³/mol. The van der Waals surface area contributed by atoms with E-state index < -0.39 is 18.0 Å². The molecule has 1 amide bonds. The molecule has 0 spiro atoms. The van der Waals surface area contributed by atoms with Gasteiger partial charge in [0.05, 0.1) is 11.0 Å². The molecule has 1 aromatic heterocycles. The lowest BCUT2D eigenvalue weighted by atomic mass is 10.0. The topological polar surface area (TPSA) is 103 Å². The standard InChI is InChI=1S/C31H32F3N5O3/c1-5-8-23(17-26(35)29(40)36-22-11-7-12-25(16-22)42-31(32,33)34)41-24-13-14-28-27(18-24)38-30(39(28)4)37-21-10-6-9-20(15-21)19(2)3/h6-19H,5,35H2,1-4H3,(H,36,40)(H,37,38)/b23-8+,26-17-. The summed E-state index contributed by atoms with van der Waals surface area (Å²) in [7, 11) is 1.92. The summed E-state index contributed by atoms with van der Waals surface area (Å²) >= 11 is 0. The molecule has 0 fully saturated rings. The summed E-state index contributed by atoms with van der Waals surface area (Å²) in [6.07, 6.45) is -1.16. The maximum absolute atomic E-state index is 12.7. The van der Waals surface area contributed by atoms with Crippen LogP contribution >= 0.6 is 0 Å². The van der Waals surface area contributed by atoms with Gasteiger partial charge in [-0.2, -0.15) is 0 Å². The van der Waals surface area contributed by atoms with Crippen LogP contribution < -0.4 is 25.8 Å². The summed E-state index contributed by atoms with van der Waals surface area (Å²) in [5, 5.41) is 5.84. The first kappa shape index (κ1) is 30.0. The number of alkyl halides is 3. The first-order valence-corrected chi connectivity index (χ1v) is 13.3. The fourth-order valence-electron chi connectivity index (χ4n) is 4.12. The number of anilines is 3. The van der Waals surface area contributed by atoms with Crippen molar-refractivity contribution in [3.63, 3.8) is 0 Å². The van der Waals surface area contributed by atoms with Crippen molar-refractivity contribution < 1.29 is 27.4 Å². The predicted octanol–water partition coefficient (Wildman–Crippen LogP) is 7.49. The molecule has 8 nitrogen and oxygen atoms in total. The molecule has 0 unspecified atom stereocenters. The number of carbonyl (C=O) groups excluding carboxylic acids is 1.